The topological polar surface area (TPSA) is 61.0 Å². The van der Waals surface area contributed by atoms with Gasteiger partial charge in [-0.25, -0.2) is 4.68 Å². The fourth-order valence-electron chi connectivity index (χ4n) is 2.01. The van der Waals surface area contributed by atoms with Crippen molar-refractivity contribution in [2.24, 2.45) is 0 Å². The molecule has 3 aromatic rings. The molecule has 6 heteroatoms. The van der Waals surface area contributed by atoms with E-state index in [1.807, 2.05) is 30.5 Å². The van der Waals surface area contributed by atoms with Gasteiger partial charge < -0.3 is 0 Å². The molecule has 5 nitrogen and oxygen atoms in total. The number of nitrogens with zero attached hydrogens (tertiary/aromatic N) is 3. The molecule has 0 saturated carbocycles. The minimum absolute atomic E-state index is 0.0677. The molecular weight excluding hydrogens is 334 g/mol. The van der Waals surface area contributed by atoms with Crippen molar-refractivity contribution in [2.45, 2.75) is 0 Å². The van der Waals surface area contributed by atoms with Crippen molar-refractivity contribution in [3.05, 3.63) is 75.5 Å². The van der Waals surface area contributed by atoms with Gasteiger partial charge in [0.2, 0.25) is 0 Å². The molecule has 3 rings (SSSR count). The predicted molar refractivity (Wildman–Crippen MR) is 83.4 cm³/mol. The van der Waals surface area contributed by atoms with Gasteiger partial charge in [0.1, 0.15) is 0 Å². The van der Waals surface area contributed by atoms with Gasteiger partial charge >= 0.3 is 0 Å². The highest BCUT2D eigenvalue weighted by Gasteiger charge is 2.07. The van der Waals surface area contributed by atoms with E-state index in [9.17, 15) is 10.1 Å². The van der Waals surface area contributed by atoms with Crippen LogP contribution in [0.5, 0.6) is 0 Å². The zero-order chi connectivity index (χ0) is 14.8. The molecule has 0 N–H and O–H groups in total. The Labute approximate surface area is 129 Å². The molecule has 0 fully saturated rings. The molecule has 0 radical (unpaired) electrons. The average Bonchev–Trinajstić information content (AvgIpc) is 2.97. The van der Waals surface area contributed by atoms with Crippen LogP contribution < -0.4 is 0 Å². The normalized spacial score (nSPS) is 10.5. The number of nitro groups is 1. The van der Waals surface area contributed by atoms with Crippen LogP contribution in [0.3, 0.4) is 0 Å². The lowest BCUT2D eigenvalue weighted by atomic mass is 10.1. The Kier molecular flexibility index (Phi) is 3.53. The maximum absolute atomic E-state index is 10.6. The average molecular weight is 344 g/mol. The van der Waals surface area contributed by atoms with Crippen LogP contribution in [0.2, 0.25) is 0 Å². The minimum Gasteiger partial charge on any atom is -0.258 e. The molecule has 0 aliphatic carbocycles. The van der Waals surface area contributed by atoms with Crippen LogP contribution in [0, 0.1) is 10.1 Å². The Morgan fingerprint density at radius 3 is 2.52 bits per heavy atom. The number of halogens is 1. The van der Waals surface area contributed by atoms with Crippen LogP contribution in [-0.4, -0.2) is 14.7 Å². The first kappa shape index (κ1) is 13.5. The van der Waals surface area contributed by atoms with Crippen LogP contribution in [-0.2, 0) is 0 Å². The maximum atomic E-state index is 10.6. The van der Waals surface area contributed by atoms with Gasteiger partial charge in [0.25, 0.3) is 5.69 Å². The molecule has 0 bridgehead atoms. The molecule has 0 aliphatic rings. The van der Waals surface area contributed by atoms with Gasteiger partial charge in [-0.2, -0.15) is 5.10 Å². The largest absolute Gasteiger partial charge is 0.269 e. The quantitative estimate of drug-likeness (QED) is 0.528. The molecule has 0 atom stereocenters. The van der Waals surface area contributed by atoms with E-state index in [4.69, 9.17) is 0 Å². The van der Waals surface area contributed by atoms with Crippen molar-refractivity contribution >= 4 is 21.6 Å². The van der Waals surface area contributed by atoms with E-state index in [0.717, 1.165) is 21.3 Å². The summed E-state index contributed by atoms with van der Waals surface area (Å²) >= 11 is 3.44. The highest BCUT2D eigenvalue weighted by Crippen LogP contribution is 2.23. The van der Waals surface area contributed by atoms with Gasteiger partial charge in [-0.1, -0.05) is 28.1 Å². The van der Waals surface area contributed by atoms with Crippen molar-refractivity contribution in [1.29, 1.82) is 0 Å². The lowest BCUT2D eigenvalue weighted by Crippen LogP contribution is -1.94. The monoisotopic (exact) mass is 343 g/mol. The summed E-state index contributed by atoms with van der Waals surface area (Å²) in [6, 6.07) is 14.2. The predicted octanol–water partition coefficient (Wildman–Crippen LogP) is 4.21. The molecule has 0 amide bonds. The summed E-state index contributed by atoms with van der Waals surface area (Å²) in [4.78, 5) is 10.2. The van der Waals surface area contributed by atoms with Gasteiger partial charge in [-0.05, 0) is 29.8 Å². The zero-order valence-electron chi connectivity index (χ0n) is 10.8. The molecule has 0 saturated heterocycles. The Bertz CT molecular complexity index is 797. The van der Waals surface area contributed by atoms with E-state index >= 15 is 0 Å². The van der Waals surface area contributed by atoms with E-state index in [2.05, 4.69) is 21.0 Å². The lowest BCUT2D eigenvalue weighted by Gasteiger charge is -2.00. The van der Waals surface area contributed by atoms with E-state index in [-0.39, 0.29) is 5.69 Å². The van der Waals surface area contributed by atoms with Crippen molar-refractivity contribution < 1.29 is 4.92 Å². The third kappa shape index (κ3) is 2.85. The van der Waals surface area contributed by atoms with Gasteiger partial charge in [0, 0.05) is 28.4 Å². The summed E-state index contributed by atoms with van der Waals surface area (Å²) in [6.45, 7) is 0. The molecule has 21 heavy (non-hydrogen) atoms. The number of non-ortho nitro benzene ring substituents is 1. The van der Waals surface area contributed by atoms with Crippen LogP contribution in [0.4, 0.5) is 5.69 Å². The highest BCUT2D eigenvalue weighted by atomic mass is 79.9. The number of benzene rings is 2. The Balaban J connectivity index is 1.93. The van der Waals surface area contributed by atoms with Crippen LogP contribution >= 0.6 is 15.9 Å². The Hall–Kier alpha value is -2.47. The van der Waals surface area contributed by atoms with Gasteiger partial charge in [0.05, 0.1) is 16.8 Å². The van der Waals surface area contributed by atoms with Crippen LogP contribution in [0.25, 0.3) is 16.8 Å². The summed E-state index contributed by atoms with van der Waals surface area (Å²) < 4.78 is 2.70. The maximum Gasteiger partial charge on any atom is 0.269 e. The lowest BCUT2D eigenvalue weighted by molar-refractivity contribution is -0.384. The molecule has 1 aromatic heterocycles. The first-order chi connectivity index (χ1) is 10.1. The van der Waals surface area contributed by atoms with Crippen molar-refractivity contribution in [1.82, 2.24) is 9.78 Å². The summed E-state index contributed by atoms with van der Waals surface area (Å²) in [5.41, 5.74) is 2.88. The summed E-state index contributed by atoms with van der Waals surface area (Å²) in [6.07, 6.45) is 3.66. The third-order valence-corrected chi connectivity index (χ3v) is 3.56. The van der Waals surface area contributed by atoms with E-state index < -0.39 is 4.92 Å². The minimum atomic E-state index is -0.417. The van der Waals surface area contributed by atoms with Gasteiger partial charge in [-0.3, -0.25) is 10.1 Å². The molecule has 0 unspecified atom stereocenters. The second-order valence-corrected chi connectivity index (χ2v) is 5.37. The fraction of sp³-hybridized carbons (Fsp3) is 0. The summed E-state index contributed by atoms with van der Waals surface area (Å²) in [7, 11) is 0. The summed E-state index contributed by atoms with van der Waals surface area (Å²) in [5.74, 6) is 0. The van der Waals surface area contributed by atoms with Crippen LogP contribution in [0.15, 0.2) is 65.4 Å². The number of hydrogen-bond donors (Lipinski definition) is 0. The molecule has 0 spiro atoms. The van der Waals surface area contributed by atoms with E-state index in [0.29, 0.717) is 0 Å². The second kappa shape index (κ2) is 5.49. The first-order valence-electron chi connectivity index (χ1n) is 6.19. The SMILES string of the molecule is O=[N+]([O-])c1ccc(-n2cc(-c3cccc(Br)c3)cn2)cc1. The number of aromatic nitrogens is 2. The first-order valence-corrected chi connectivity index (χ1v) is 6.98. The number of nitro benzene ring substituents is 1. The molecule has 104 valence electrons. The molecular formula is C15H10BrN3O2. The highest BCUT2D eigenvalue weighted by molar-refractivity contribution is 9.10. The molecule has 1 heterocycles. The van der Waals surface area contributed by atoms with E-state index in [1.165, 1.54) is 12.1 Å². The molecule has 2 aromatic carbocycles. The summed E-state index contributed by atoms with van der Waals surface area (Å²) in [5, 5.41) is 14.9. The smallest absolute Gasteiger partial charge is 0.258 e. The van der Waals surface area contributed by atoms with Crippen molar-refractivity contribution in [3.63, 3.8) is 0 Å². The molecule has 0 aliphatic heterocycles. The van der Waals surface area contributed by atoms with Gasteiger partial charge in [-0.15, -0.1) is 0 Å². The van der Waals surface area contributed by atoms with Crippen LogP contribution in [0.1, 0.15) is 0 Å². The van der Waals surface area contributed by atoms with Gasteiger partial charge in [0.15, 0.2) is 0 Å². The zero-order valence-corrected chi connectivity index (χ0v) is 12.4. The standard InChI is InChI=1S/C15H10BrN3O2/c16-13-3-1-2-11(8-13)12-9-17-18(10-12)14-4-6-15(7-5-14)19(20)21/h1-10H. The Morgan fingerprint density at radius 1 is 1.10 bits per heavy atom. The Morgan fingerprint density at radius 2 is 1.86 bits per heavy atom. The fourth-order valence-corrected chi connectivity index (χ4v) is 2.41. The third-order valence-electron chi connectivity index (χ3n) is 3.07. The number of rotatable bonds is 3. The van der Waals surface area contributed by atoms with Crippen molar-refractivity contribution in [2.75, 3.05) is 0 Å². The van der Waals surface area contributed by atoms with E-state index in [1.54, 1.807) is 23.0 Å². The number of hydrogen-bond acceptors (Lipinski definition) is 3. The van der Waals surface area contributed by atoms with Crippen molar-refractivity contribution in [3.8, 4) is 16.8 Å². The second-order valence-electron chi connectivity index (χ2n) is 4.46.